The second-order valence-electron chi connectivity index (χ2n) is 5.81. The molecule has 0 radical (unpaired) electrons. The number of nitrogens with zero attached hydrogens (tertiary/aromatic N) is 2. The zero-order valence-corrected chi connectivity index (χ0v) is 14.1. The Balaban J connectivity index is 1.56. The quantitative estimate of drug-likeness (QED) is 0.482. The van der Waals surface area contributed by atoms with Gasteiger partial charge in [0.1, 0.15) is 0 Å². The summed E-state index contributed by atoms with van der Waals surface area (Å²) in [4.78, 5) is 8.19. The largest absolute Gasteiger partial charge is 0.356 e. The van der Waals surface area contributed by atoms with Gasteiger partial charge in [-0.2, -0.15) is 0 Å². The van der Waals surface area contributed by atoms with Gasteiger partial charge in [-0.1, -0.05) is 13.0 Å². The van der Waals surface area contributed by atoms with Gasteiger partial charge in [-0.3, -0.25) is 4.99 Å². The number of rotatable bonds is 6. The molecule has 2 rings (SSSR count). The lowest BCUT2D eigenvalue weighted by Crippen LogP contribution is -2.39. The molecule has 21 heavy (non-hydrogen) atoms. The number of thiophene rings is 1. The standard InChI is InChI=1S/C16H28N4S/c1-14-6-10-20(11-7-14)9-4-8-18-16(17-2)19-13-15-5-3-12-21-15/h3,5,12,14H,4,6-11,13H2,1-2H3,(H2,17,18,19). The van der Waals surface area contributed by atoms with Gasteiger partial charge in [0.15, 0.2) is 5.96 Å². The molecule has 0 amide bonds. The minimum absolute atomic E-state index is 0.849. The van der Waals surface area contributed by atoms with E-state index in [1.807, 2.05) is 7.05 Å². The Morgan fingerprint density at radius 1 is 1.38 bits per heavy atom. The first-order valence-corrected chi connectivity index (χ1v) is 8.85. The van der Waals surface area contributed by atoms with E-state index >= 15 is 0 Å². The zero-order valence-electron chi connectivity index (χ0n) is 13.3. The van der Waals surface area contributed by atoms with Crippen molar-refractivity contribution in [2.24, 2.45) is 10.9 Å². The van der Waals surface area contributed by atoms with Crippen LogP contribution in [0.5, 0.6) is 0 Å². The van der Waals surface area contributed by atoms with Crippen molar-refractivity contribution < 1.29 is 0 Å². The molecule has 5 heteroatoms. The summed E-state index contributed by atoms with van der Waals surface area (Å²) in [5.41, 5.74) is 0. The van der Waals surface area contributed by atoms with Crippen LogP contribution in [0.15, 0.2) is 22.5 Å². The van der Waals surface area contributed by atoms with E-state index in [4.69, 9.17) is 0 Å². The number of likely N-dealkylation sites (tertiary alicyclic amines) is 1. The molecule has 1 aromatic heterocycles. The highest BCUT2D eigenvalue weighted by molar-refractivity contribution is 7.09. The molecule has 1 aromatic rings. The fourth-order valence-corrected chi connectivity index (χ4v) is 3.24. The number of aliphatic imine (C=N–C) groups is 1. The molecule has 2 heterocycles. The Hall–Kier alpha value is -1.07. The van der Waals surface area contributed by atoms with Crippen molar-refractivity contribution >= 4 is 17.3 Å². The van der Waals surface area contributed by atoms with Gasteiger partial charge in [0.25, 0.3) is 0 Å². The molecule has 0 aromatic carbocycles. The lowest BCUT2D eigenvalue weighted by atomic mass is 9.99. The summed E-state index contributed by atoms with van der Waals surface area (Å²) in [5.74, 6) is 1.82. The summed E-state index contributed by atoms with van der Waals surface area (Å²) in [7, 11) is 1.83. The Morgan fingerprint density at radius 3 is 2.86 bits per heavy atom. The SMILES string of the molecule is CN=C(NCCCN1CCC(C)CC1)NCc1cccs1. The molecule has 0 spiro atoms. The molecule has 0 aliphatic carbocycles. The van der Waals surface area contributed by atoms with E-state index < -0.39 is 0 Å². The fraction of sp³-hybridized carbons (Fsp3) is 0.688. The smallest absolute Gasteiger partial charge is 0.191 e. The molecule has 0 atom stereocenters. The van der Waals surface area contributed by atoms with Crippen molar-refractivity contribution in [1.82, 2.24) is 15.5 Å². The Morgan fingerprint density at radius 2 is 2.19 bits per heavy atom. The highest BCUT2D eigenvalue weighted by atomic mass is 32.1. The predicted molar refractivity (Wildman–Crippen MR) is 92.0 cm³/mol. The van der Waals surface area contributed by atoms with E-state index in [1.165, 1.54) is 43.8 Å². The molecular formula is C16H28N4S. The molecule has 4 nitrogen and oxygen atoms in total. The van der Waals surface area contributed by atoms with Gasteiger partial charge in [-0.25, -0.2) is 0 Å². The summed E-state index contributed by atoms with van der Waals surface area (Å²) in [6, 6.07) is 4.22. The minimum atomic E-state index is 0.849. The Labute approximate surface area is 132 Å². The third-order valence-electron chi connectivity index (χ3n) is 4.05. The Kier molecular flexibility index (Phi) is 7.03. The predicted octanol–water partition coefficient (Wildman–Crippen LogP) is 2.54. The molecule has 0 unspecified atom stereocenters. The van der Waals surface area contributed by atoms with E-state index in [-0.39, 0.29) is 0 Å². The van der Waals surface area contributed by atoms with Crippen LogP contribution in [0, 0.1) is 5.92 Å². The van der Waals surface area contributed by atoms with Crippen LogP contribution in [0.1, 0.15) is 31.1 Å². The van der Waals surface area contributed by atoms with Crippen LogP contribution >= 0.6 is 11.3 Å². The molecular weight excluding hydrogens is 280 g/mol. The van der Waals surface area contributed by atoms with Crippen LogP contribution in [0.25, 0.3) is 0 Å². The Bertz CT molecular complexity index is 408. The molecule has 1 fully saturated rings. The summed E-state index contributed by atoms with van der Waals surface area (Å²) in [6.07, 6.45) is 3.89. The molecule has 0 bridgehead atoms. The first-order chi connectivity index (χ1) is 10.3. The molecule has 1 aliphatic rings. The second-order valence-corrected chi connectivity index (χ2v) is 6.84. The number of nitrogens with one attached hydrogen (secondary N) is 2. The molecule has 1 saturated heterocycles. The number of hydrogen-bond acceptors (Lipinski definition) is 3. The molecule has 2 N–H and O–H groups in total. The molecule has 1 aliphatic heterocycles. The summed E-state index contributed by atoms with van der Waals surface area (Å²) in [5, 5.41) is 8.85. The van der Waals surface area contributed by atoms with E-state index in [0.717, 1.165) is 25.0 Å². The van der Waals surface area contributed by atoms with E-state index in [1.54, 1.807) is 11.3 Å². The minimum Gasteiger partial charge on any atom is -0.356 e. The van der Waals surface area contributed by atoms with Gasteiger partial charge in [0.2, 0.25) is 0 Å². The van der Waals surface area contributed by atoms with Crippen LogP contribution in [-0.4, -0.2) is 44.1 Å². The number of piperidine rings is 1. The van der Waals surface area contributed by atoms with Crippen molar-refractivity contribution in [2.45, 2.75) is 32.7 Å². The first kappa shape index (κ1) is 16.3. The van der Waals surface area contributed by atoms with E-state index in [0.29, 0.717) is 0 Å². The van der Waals surface area contributed by atoms with Gasteiger partial charge in [-0.15, -0.1) is 11.3 Å². The van der Waals surface area contributed by atoms with Crippen molar-refractivity contribution in [3.63, 3.8) is 0 Å². The van der Waals surface area contributed by atoms with Crippen LogP contribution in [0.4, 0.5) is 0 Å². The maximum atomic E-state index is 4.27. The summed E-state index contributed by atoms with van der Waals surface area (Å²) >= 11 is 1.77. The van der Waals surface area contributed by atoms with Gasteiger partial charge in [0.05, 0.1) is 6.54 Å². The lowest BCUT2D eigenvalue weighted by Gasteiger charge is -2.30. The lowest BCUT2D eigenvalue weighted by molar-refractivity contribution is 0.191. The fourth-order valence-electron chi connectivity index (χ4n) is 2.60. The zero-order chi connectivity index (χ0) is 14.9. The summed E-state index contributed by atoms with van der Waals surface area (Å²) in [6.45, 7) is 7.93. The van der Waals surface area contributed by atoms with Gasteiger partial charge in [0, 0.05) is 18.5 Å². The highest BCUT2D eigenvalue weighted by Gasteiger charge is 2.14. The molecule has 118 valence electrons. The van der Waals surface area contributed by atoms with Crippen molar-refractivity contribution in [3.05, 3.63) is 22.4 Å². The van der Waals surface area contributed by atoms with Crippen LogP contribution in [-0.2, 0) is 6.54 Å². The van der Waals surface area contributed by atoms with Gasteiger partial charge in [-0.05, 0) is 56.3 Å². The van der Waals surface area contributed by atoms with Crippen molar-refractivity contribution in [1.29, 1.82) is 0 Å². The van der Waals surface area contributed by atoms with Crippen LogP contribution in [0.2, 0.25) is 0 Å². The van der Waals surface area contributed by atoms with Crippen molar-refractivity contribution in [3.8, 4) is 0 Å². The monoisotopic (exact) mass is 308 g/mol. The normalized spacial score (nSPS) is 17.9. The van der Waals surface area contributed by atoms with Crippen LogP contribution < -0.4 is 10.6 Å². The maximum absolute atomic E-state index is 4.27. The maximum Gasteiger partial charge on any atom is 0.191 e. The topological polar surface area (TPSA) is 39.7 Å². The third kappa shape index (κ3) is 6.06. The summed E-state index contributed by atoms with van der Waals surface area (Å²) < 4.78 is 0. The first-order valence-electron chi connectivity index (χ1n) is 7.97. The second kappa shape index (κ2) is 9.05. The van der Waals surface area contributed by atoms with Crippen molar-refractivity contribution in [2.75, 3.05) is 33.2 Å². The highest BCUT2D eigenvalue weighted by Crippen LogP contribution is 2.15. The van der Waals surface area contributed by atoms with E-state index in [9.17, 15) is 0 Å². The van der Waals surface area contributed by atoms with Crippen LogP contribution in [0.3, 0.4) is 0 Å². The number of guanidine groups is 1. The number of hydrogen-bond donors (Lipinski definition) is 2. The van der Waals surface area contributed by atoms with Gasteiger partial charge < -0.3 is 15.5 Å². The van der Waals surface area contributed by atoms with Gasteiger partial charge >= 0.3 is 0 Å². The average molecular weight is 308 g/mol. The average Bonchev–Trinajstić information content (AvgIpc) is 3.02. The van der Waals surface area contributed by atoms with E-state index in [2.05, 4.69) is 45.0 Å². The third-order valence-corrected chi connectivity index (χ3v) is 4.93. The molecule has 0 saturated carbocycles.